The molecule has 0 fully saturated rings. The van der Waals surface area contributed by atoms with Crippen molar-refractivity contribution < 1.29 is 23.1 Å². The molecule has 7 heteroatoms. The molecule has 0 radical (unpaired) electrons. The summed E-state index contributed by atoms with van der Waals surface area (Å²) in [5.41, 5.74) is 5.09. The molecule has 0 aromatic rings. The Morgan fingerprint density at radius 1 is 1.41 bits per heavy atom. The van der Waals surface area contributed by atoms with E-state index in [0.29, 0.717) is 6.42 Å². The van der Waals surface area contributed by atoms with Gasteiger partial charge in [-0.3, -0.25) is 4.79 Å². The van der Waals surface area contributed by atoms with Gasteiger partial charge in [0, 0.05) is 19.1 Å². The molecule has 0 aliphatic rings. The summed E-state index contributed by atoms with van der Waals surface area (Å²) in [6, 6.07) is -0.334. The number of hydrogen-bond donors (Lipinski definition) is 3. The molecule has 4 nitrogen and oxygen atoms in total. The van der Waals surface area contributed by atoms with Crippen LogP contribution in [-0.2, 0) is 4.79 Å². The molecule has 0 saturated heterocycles. The van der Waals surface area contributed by atoms with Crippen LogP contribution in [0.4, 0.5) is 13.2 Å². The number of rotatable bonds is 7. The number of alkyl halides is 3. The Kier molecular flexibility index (Phi) is 7.13. The zero-order valence-corrected chi connectivity index (χ0v) is 9.76. The Hall–Kier alpha value is -0.820. The number of hydrogen-bond acceptors (Lipinski definition) is 3. The van der Waals surface area contributed by atoms with Crippen molar-refractivity contribution in [3.8, 4) is 0 Å². The highest BCUT2D eigenvalue weighted by atomic mass is 19.4. The van der Waals surface area contributed by atoms with Gasteiger partial charge in [-0.05, 0) is 26.3 Å². The maximum absolute atomic E-state index is 12.5. The molecular formula is C10H19F3N2O2. The topological polar surface area (TPSA) is 75.3 Å². The fraction of sp³-hybridized carbons (Fsp3) is 0.900. The summed E-state index contributed by atoms with van der Waals surface area (Å²) >= 11 is 0. The monoisotopic (exact) mass is 256 g/mol. The highest BCUT2D eigenvalue weighted by Crippen LogP contribution is 2.31. The fourth-order valence-electron chi connectivity index (χ4n) is 1.41. The van der Waals surface area contributed by atoms with Gasteiger partial charge < -0.3 is 16.2 Å². The lowest BCUT2D eigenvalue weighted by molar-refractivity contribution is -0.180. The number of aliphatic hydroxyl groups excluding tert-OH is 1. The normalized spacial score (nSPS) is 15.4. The van der Waals surface area contributed by atoms with Crippen molar-refractivity contribution in [3.63, 3.8) is 0 Å². The van der Waals surface area contributed by atoms with Gasteiger partial charge in [0.15, 0.2) is 0 Å². The molecule has 17 heavy (non-hydrogen) atoms. The fourth-order valence-corrected chi connectivity index (χ4v) is 1.41. The van der Waals surface area contributed by atoms with Crippen molar-refractivity contribution in [3.05, 3.63) is 0 Å². The van der Waals surface area contributed by atoms with Crippen molar-refractivity contribution in [2.45, 2.75) is 38.4 Å². The van der Waals surface area contributed by atoms with Gasteiger partial charge in [-0.2, -0.15) is 13.2 Å². The van der Waals surface area contributed by atoms with Gasteiger partial charge in [-0.1, -0.05) is 0 Å². The van der Waals surface area contributed by atoms with Gasteiger partial charge in [0.25, 0.3) is 0 Å². The van der Waals surface area contributed by atoms with E-state index >= 15 is 0 Å². The van der Waals surface area contributed by atoms with Gasteiger partial charge in [0.05, 0.1) is 5.92 Å². The van der Waals surface area contributed by atoms with Crippen LogP contribution in [0.25, 0.3) is 0 Å². The molecule has 4 N–H and O–H groups in total. The van der Waals surface area contributed by atoms with Crippen molar-refractivity contribution >= 4 is 5.91 Å². The summed E-state index contributed by atoms with van der Waals surface area (Å²) in [6.45, 7) is 1.40. The molecule has 0 rings (SSSR count). The molecule has 0 aliphatic heterocycles. The largest absolute Gasteiger partial charge is 0.396 e. The predicted octanol–water partition coefficient (Wildman–Crippen LogP) is 0.791. The maximum Gasteiger partial charge on any atom is 0.392 e. The second-order valence-electron chi connectivity index (χ2n) is 4.00. The summed E-state index contributed by atoms with van der Waals surface area (Å²) in [4.78, 5) is 11.3. The number of nitrogens with one attached hydrogen (secondary N) is 1. The lowest BCUT2D eigenvalue weighted by Crippen LogP contribution is -2.37. The minimum absolute atomic E-state index is 0.107. The van der Waals surface area contributed by atoms with E-state index in [2.05, 4.69) is 5.32 Å². The zero-order valence-electron chi connectivity index (χ0n) is 9.76. The van der Waals surface area contributed by atoms with Crippen LogP contribution < -0.4 is 11.1 Å². The number of aliphatic hydroxyl groups is 1. The first-order chi connectivity index (χ1) is 7.81. The highest BCUT2D eigenvalue weighted by molar-refractivity contribution is 5.76. The number of carbonyl (C=O) groups is 1. The van der Waals surface area contributed by atoms with E-state index in [0.717, 1.165) is 0 Å². The van der Waals surface area contributed by atoms with Crippen molar-refractivity contribution in [1.29, 1.82) is 0 Å². The molecule has 0 bridgehead atoms. The van der Waals surface area contributed by atoms with Crippen molar-refractivity contribution in [2.24, 2.45) is 11.7 Å². The summed E-state index contributed by atoms with van der Waals surface area (Å²) in [6.07, 6.45) is -4.96. The predicted molar refractivity (Wildman–Crippen MR) is 57.1 cm³/mol. The average molecular weight is 256 g/mol. The minimum atomic E-state index is -4.41. The van der Waals surface area contributed by atoms with Crippen LogP contribution in [-0.4, -0.2) is 36.4 Å². The van der Waals surface area contributed by atoms with Crippen LogP contribution in [0.5, 0.6) is 0 Å². The summed E-state index contributed by atoms with van der Waals surface area (Å²) in [7, 11) is 0. The van der Waals surface area contributed by atoms with Crippen LogP contribution in [0.3, 0.4) is 0 Å². The van der Waals surface area contributed by atoms with Crippen LogP contribution in [0.15, 0.2) is 0 Å². The van der Waals surface area contributed by atoms with Gasteiger partial charge in [0.1, 0.15) is 0 Å². The van der Waals surface area contributed by atoms with Crippen molar-refractivity contribution in [1.82, 2.24) is 5.32 Å². The third kappa shape index (κ3) is 7.17. The average Bonchev–Trinajstić information content (AvgIpc) is 2.15. The molecule has 0 aromatic carbocycles. The Bertz CT molecular complexity index is 234. The third-order valence-electron chi connectivity index (χ3n) is 2.38. The number of carbonyl (C=O) groups excluding carboxylic acids is 1. The van der Waals surface area contributed by atoms with E-state index < -0.39 is 24.4 Å². The molecule has 2 unspecified atom stereocenters. The van der Waals surface area contributed by atoms with E-state index in [1.807, 2.05) is 0 Å². The number of nitrogens with two attached hydrogens (primary N) is 1. The van der Waals surface area contributed by atoms with Crippen LogP contribution in [0.2, 0.25) is 0 Å². The lowest BCUT2D eigenvalue weighted by Gasteiger charge is -2.20. The quantitative estimate of drug-likeness (QED) is 0.630. The number of halogens is 3. The molecule has 2 atom stereocenters. The minimum Gasteiger partial charge on any atom is -0.396 e. The molecule has 0 aromatic heterocycles. The Labute approximate surface area is 98.4 Å². The first-order valence-corrected chi connectivity index (χ1v) is 5.48. The Morgan fingerprint density at radius 3 is 2.41 bits per heavy atom. The second kappa shape index (κ2) is 7.50. The molecule has 0 heterocycles. The van der Waals surface area contributed by atoms with E-state index in [1.165, 1.54) is 0 Å². The number of amides is 1. The summed E-state index contributed by atoms with van der Waals surface area (Å²) < 4.78 is 37.4. The van der Waals surface area contributed by atoms with E-state index in [4.69, 9.17) is 10.8 Å². The van der Waals surface area contributed by atoms with Crippen molar-refractivity contribution in [2.75, 3.05) is 13.2 Å². The smallest absolute Gasteiger partial charge is 0.392 e. The van der Waals surface area contributed by atoms with Gasteiger partial charge >= 0.3 is 6.18 Å². The standard InChI is InChI=1S/C10H19F3N2O2/c1-7(3-5-16)15-9(17)6-8(2-4-14)10(11,12)13/h7-8,16H,2-6,14H2,1H3,(H,15,17). The maximum atomic E-state index is 12.5. The zero-order chi connectivity index (χ0) is 13.5. The van der Waals surface area contributed by atoms with Crippen LogP contribution >= 0.6 is 0 Å². The van der Waals surface area contributed by atoms with Gasteiger partial charge in [-0.15, -0.1) is 0 Å². The summed E-state index contributed by atoms with van der Waals surface area (Å²) in [5, 5.41) is 11.0. The van der Waals surface area contributed by atoms with Gasteiger partial charge in [0.2, 0.25) is 5.91 Å². The molecule has 0 spiro atoms. The lowest BCUT2D eigenvalue weighted by atomic mass is 10.00. The molecule has 0 aliphatic carbocycles. The molecule has 102 valence electrons. The SMILES string of the molecule is CC(CCO)NC(=O)CC(CCN)C(F)(F)F. The van der Waals surface area contributed by atoms with E-state index in [9.17, 15) is 18.0 Å². The first kappa shape index (κ1) is 16.2. The van der Waals surface area contributed by atoms with E-state index in [-0.39, 0.29) is 25.6 Å². The molecular weight excluding hydrogens is 237 g/mol. The van der Waals surface area contributed by atoms with Crippen LogP contribution in [0, 0.1) is 5.92 Å². The van der Waals surface area contributed by atoms with E-state index in [1.54, 1.807) is 6.92 Å². The highest BCUT2D eigenvalue weighted by Gasteiger charge is 2.40. The molecule has 0 saturated carbocycles. The Morgan fingerprint density at radius 2 is 2.00 bits per heavy atom. The second-order valence-corrected chi connectivity index (χ2v) is 4.00. The third-order valence-corrected chi connectivity index (χ3v) is 2.38. The van der Waals surface area contributed by atoms with Crippen LogP contribution in [0.1, 0.15) is 26.2 Å². The van der Waals surface area contributed by atoms with Gasteiger partial charge in [-0.25, -0.2) is 0 Å². The first-order valence-electron chi connectivity index (χ1n) is 5.48. The molecule has 1 amide bonds. The Balaban J connectivity index is 4.22. The summed E-state index contributed by atoms with van der Waals surface area (Å²) in [5.74, 6) is -2.37.